The summed E-state index contributed by atoms with van der Waals surface area (Å²) in [4.78, 5) is 6.65. The Labute approximate surface area is 124 Å². The first-order chi connectivity index (χ1) is 10.1. The van der Waals surface area contributed by atoms with Crippen LogP contribution in [0.1, 0.15) is 35.9 Å². The van der Waals surface area contributed by atoms with Gasteiger partial charge >= 0.3 is 0 Å². The molecule has 1 saturated heterocycles. The summed E-state index contributed by atoms with van der Waals surface area (Å²) in [6.07, 6.45) is 0.107. The largest absolute Gasteiger partial charge is 0.371 e. The van der Waals surface area contributed by atoms with Crippen molar-refractivity contribution in [1.29, 1.82) is 0 Å². The van der Waals surface area contributed by atoms with Crippen LogP contribution in [0.3, 0.4) is 0 Å². The van der Waals surface area contributed by atoms with E-state index in [1.807, 2.05) is 6.92 Å². The minimum atomic E-state index is 0.107. The molecule has 5 heteroatoms. The lowest BCUT2D eigenvalue weighted by atomic mass is 10.0. The molecule has 3 rings (SSSR count). The quantitative estimate of drug-likeness (QED) is 0.868. The third kappa shape index (κ3) is 3.14. The van der Waals surface area contributed by atoms with Gasteiger partial charge in [0, 0.05) is 19.5 Å². The van der Waals surface area contributed by atoms with Crippen molar-refractivity contribution in [3.8, 4) is 0 Å². The Morgan fingerprint density at radius 1 is 1.29 bits per heavy atom. The van der Waals surface area contributed by atoms with Crippen molar-refractivity contribution >= 4 is 0 Å². The van der Waals surface area contributed by atoms with Gasteiger partial charge in [-0.05, 0) is 25.0 Å². The Hall–Kier alpha value is -1.72. The van der Waals surface area contributed by atoms with Crippen LogP contribution in [0, 0.1) is 13.8 Å². The van der Waals surface area contributed by atoms with Crippen LogP contribution in [0.25, 0.3) is 0 Å². The van der Waals surface area contributed by atoms with Crippen molar-refractivity contribution in [2.24, 2.45) is 0 Å². The van der Waals surface area contributed by atoms with Gasteiger partial charge in [0.1, 0.15) is 0 Å². The van der Waals surface area contributed by atoms with Crippen molar-refractivity contribution in [3.05, 3.63) is 47.1 Å². The molecular formula is C16H21N3O2. The zero-order chi connectivity index (χ0) is 14.8. The summed E-state index contributed by atoms with van der Waals surface area (Å²) >= 11 is 0. The maximum absolute atomic E-state index is 6.02. The number of hydrogen-bond acceptors (Lipinski definition) is 5. The SMILES string of the molecule is Cc1nc(CN2CC(c3ccccc3C)OCC2C)no1. The minimum absolute atomic E-state index is 0.107. The molecule has 2 heterocycles. The minimum Gasteiger partial charge on any atom is -0.371 e. The number of rotatable bonds is 3. The molecule has 2 aromatic rings. The van der Waals surface area contributed by atoms with E-state index in [1.165, 1.54) is 11.1 Å². The molecule has 0 N–H and O–H groups in total. The maximum atomic E-state index is 6.02. The molecule has 0 saturated carbocycles. The molecule has 112 valence electrons. The molecule has 1 fully saturated rings. The number of aryl methyl sites for hydroxylation is 2. The Kier molecular flexibility index (Phi) is 4.03. The molecule has 0 spiro atoms. The van der Waals surface area contributed by atoms with Crippen LogP contribution in [-0.4, -0.2) is 34.2 Å². The van der Waals surface area contributed by atoms with Gasteiger partial charge in [0.2, 0.25) is 5.89 Å². The van der Waals surface area contributed by atoms with Crippen molar-refractivity contribution in [2.75, 3.05) is 13.2 Å². The second kappa shape index (κ2) is 5.95. The maximum Gasteiger partial charge on any atom is 0.223 e. The average molecular weight is 287 g/mol. The molecule has 5 nitrogen and oxygen atoms in total. The van der Waals surface area contributed by atoms with Crippen LogP contribution in [0.15, 0.2) is 28.8 Å². The first kappa shape index (κ1) is 14.2. The molecule has 0 amide bonds. The summed E-state index contributed by atoms with van der Waals surface area (Å²) in [7, 11) is 0. The van der Waals surface area contributed by atoms with Crippen LogP contribution in [0.5, 0.6) is 0 Å². The molecular weight excluding hydrogens is 266 g/mol. The summed E-state index contributed by atoms with van der Waals surface area (Å²) in [5, 5.41) is 3.99. The Balaban J connectivity index is 1.74. The molecule has 2 unspecified atom stereocenters. The molecule has 1 aromatic carbocycles. The molecule has 1 aliphatic heterocycles. The van der Waals surface area contributed by atoms with E-state index >= 15 is 0 Å². The smallest absolute Gasteiger partial charge is 0.223 e. The van der Waals surface area contributed by atoms with E-state index in [9.17, 15) is 0 Å². The van der Waals surface area contributed by atoms with Gasteiger partial charge in [-0.1, -0.05) is 29.4 Å². The van der Waals surface area contributed by atoms with E-state index in [-0.39, 0.29) is 6.10 Å². The van der Waals surface area contributed by atoms with Gasteiger partial charge in [0.05, 0.1) is 19.3 Å². The predicted octanol–water partition coefficient (Wildman–Crippen LogP) is 2.65. The zero-order valence-corrected chi connectivity index (χ0v) is 12.7. The van der Waals surface area contributed by atoms with E-state index in [1.54, 1.807) is 0 Å². The lowest BCUT2D eigenvalue weighted by Gasteiger charge is -2.37. The summed E-state index contributed by atoms with van der Waals surface area (Å²) in [6.45, 7) is 8.37. The monoisotopic (exact) mass is 287 g/mol. The van der Waals surface area contributed by atoms with Gasteiger partial charge in [-0.2, -0.15) is 4.98 Å². The molecule has 1 aliphatic rings. The van der Waals surface area contributed by atoms with Crippen LogP contribution < -0.4 is 0 Å². The van der Waals surface area contributed by atoms with Crippen molar-refractivity contribution in [2.45, 2.75) is 39.5 Å². The highest BCUT2D eigenvalue weighted by Gasteiger charge is 2.28. The summed E-state index contributed by atoms with van der Waals surface area (Å²) in [5.74, 6) is 1.35. The number of hydrogen-bond donors (Lipinski definition) is 0. The number of morpholine rings is 1. The van der Waals surface area contributed by atoms with Crippen molar-refractivity contribution < 1.29 is 9.26 Å². The fourth-order valence-corrected chi connectivity index (χ4v) is 2.75. The van der Waals surface area contributed by atoms with E-state index in [0.29, 0.717) is 18.5 Å². The molecule has 0 bridgehead atoms. The Morgan fingerprint density at radius 3 is 2.81 bits per heavy atom. The standard InChI is InChI=1S/C16H21N3O2/c1-11-6-4-5-7-14(11)15-8-19(12(2)10-20-15)9-16-17-13(3)21-18-16/h4-7,12,15H,8-10H2,1-3H3. The summed E-state index contributed by atoms with van der Waals surface area (Å²) in [5.41, 5.74) is 2.53. The summed E-state index contributed by atoms with van der Waals surface area (Å²) < 4.78 is 11.1. The normalized spacial score (nSPS) is 23.4. The molecule has 21 heavy (non-hydrogen) atoms. The fraction of sp³-hybridized carbons (Fsp3) is 0.500. The van der Waals surface area contributed by atoms with Gasteiger partial charge in [0.15, 0.2) is 5.82 Å². The lowest BCUT2D eigenvalue weighted by Crippen LogP contribution is -2.44. The van der Waals surface area contributed by atoms with E-state index in [4.69, 9.17) is 9.26 Å². The van der Waals surface area contributed by atoms with E-state index in [2.05, 4.69) is 53.2 Å². The van der Waals surface area contributed by atoms with Crippen LogP contribution in [-0.2, 0) is 11.3 Å². The highest BCUT2D eigenvalue weighted by Crippen LogP contribution is 2.27. The number of nitrogens with zero attached hydrogens (tertiary/aromatic N) is 3. The first-order valence-electron chi connectivity index (χ1n) is 7.34. The third-order valence-electron chi connectivity index (χ3n) is 4.01. The lowest BCUT2D eigenvalue weighted by molar-refractivity contribution is -0.0644. The Morgan fingerprint density at radius 2 is 2.10 bits per heavy atom. The highest BCUT2D eigenvalue weighted by molar-refractivity contribution is 5.28. The molecule has 0 aliphatic carbocycles. The second-order valence-electron chi connectivity index (χ2n) is 5.69. The molecule has 0 radical (unpaired) electrons. The highest BCUT2D eigenvalue weighted by atomic mass is 16.5. The van der Waals surface area contributed by atoms with E-state index < -0.39 is 0 Å². The van der Waals surface area contributed by atoms with E-state index in [0.717, 1.165) is 19.0 Å². The van der Waals surface area contributed by atoms with Crippen LogP contribution in [0.4, 0.5) is 0 Å². The van der Waals surface area contributed by atoms with Gasteiger partial charge < -0.3 is 9.26 Å². The van der Waals surface area contributed by atoms with Gasteiger partial charge in [0.25, 0.3) is 0 Å². The average Bonchev–Trinajstić information content (AvgIpc) is 2.87. The first-order valence-corrected chi connectivity index (χ1v) is 7.34. The number of benzene rings is 1. The molecule has 1 aromatic heterocycles. The van der Waals surface area contributed by atoms with Gasteiger partial charge in [-0.15, -0.1) is 0 Å². The topological polar surface area (TPSA) is 51.4 Å². The zero-order valence-electron chi connectivity index (χ0n) is 12.7. The Bertz CT molecular complexity index is 611. The fourth-order valence-electron chi connectivity index (χ4n) is 2.75. The van der Waals surface area contributed by atoms with Crippen molar-refractivity contribution in [1.82, 2.24) is 15.0 Å². The third-order valence-corrected chi connectivity index (χ3v) is 4.01. The van der Waals surface area contributed by atoms with Crippen LogP contribution in [0.2, 0.25) is 0 Å². The van der Waals surface area contributed by atoms with Gasteiger partial charge in [-0.25, -0.2) is 0 Å². The second-order valence-corrected chi connectivity index (χ2v) is 5.69. The summed E-state index contributed by atoms with van der Waals surface area (Å²) in [6, 6.07) is 8.75. The molecule has 2 atom stereocenters. The number of ether oxygens (including phenoxy) is 1. The van der Waals surface area contributed by atoms with Crippen LogP contribution >= 0.6 is 0 Å². The predicted molar refractivity (Wildman–Crippen MR) is 78.8 cm³/mol. The van der Waals surface area contributed by atoms with Crippen molar-refractivity contribution in [3.63, 3.8) is 0 Å². The van der Waals surface area contributed by atoms with Gasteiger partial charge in [-0.3, -0.25) is 4.90 Å². The number of aromatic nitrogens is 2.